The zero-order chi connectivity index (χ0) is 24.7. The summed E-state index contributed by atoms with van der Waals surface area (Å²) in [5.41, 5.74) is 12.1. The number of rotatable bonds is 9. The van der Waals surface area contributed by atoms with E-state index >= 15 is 0 Å². The maximum absolute atomic E-state index is 13.1. The van der Waals surface area contributed by atoms with Crippen molar-refractivity contribution >= 4 is 11.8 Å². The minimum atomic E-state index is -0.570. The maximum Gasteiger partial charge on any atom is 0.251 e. The van der Waals surface area contributed by atoms with Crippen LogP contribution in [0.25, 0.3) is 0 Å². The largest absolute Gasteiger partial charge is 0.399 e. The summed E-state index contributed by atoms with van der Waals surface area (Å²) in [5, 5.41) is 13.1. The average Bonchev–Trinajstić information content (AvgIpc) is 2.83. The van der Waals surface area contributed by atoms with Crippen LogP contribution in [0.1, 0.15) is 53.2 Å². The summed E-state index contributed by atoms with van der Waals surface area (Å²) in [6.45, 7) is 1.69. The van der Waals surface area contributed by atoms with Crippen LogP contribution in [-0.4, -0.2) is 34.1 Å². The molecule has 0 aromatic heterocycles. The number of fused-ring (bicyclic) bond motifs is 1. The van der Waals surface area contributed by atoms with Crippen LogP contribution < -0.4 is 22.4 Å². The van der Waals surface area contributed by atoms with E-state index in [9.17, 15) is 14.0 Å². The minimum Gasteiger partial charge on any atom is -0.399 e. The molecule has 0 fully saturated rings. The Balaban J connectivity index is 1.70. The topological polar surface area (TPSA) is 134 Å². The molecule has 9 heteroatoms. The number of benzene rings is 2. The molecule has 0 aliphatic heterocycles. The van der Waals surface area contributed by atoms with Crippen molar-refractivity contribution in [3.63, 3.8) is 0 Å². The smallest absolute Gasteiger partial charge is 0.251 e. The summed E-state index contributed by atoms with van der Waals surface area (Å²) in [6.07, 6.45) is 6.37. The molecule has 1 aliphatic rings. The number of aryl methyl sites for hydroxylation is 2. The van der Waals surface area contributed by atoms with E-state index in [4.69, 9.17) is 16.8 Å². The van der Waals surface area contributed by atoms with Crippen LogP contribution in [0.2, 0.25) is 0 Å². The molecule has 0 radical (unpaired) electrons. The second-order valence-electron chi connectivity index (χ2n) is 8.69. The van der Waals surface area contributed by atoms with Gasteiger partial charge in [-0.2, -0.15) is 0 Å². The fourth-order valence-electron chi connectivity index (χ4n) is 4.08. The van der Waals surface area contributed by atoms with Gasteiger partial charge < -0.3 is 16.1 Å². The van der Waals surface area contributed by atoms with Crippen molar-refractivity contribution in [1.82, 2.24) is 15.8 Å². The number of hydrazine groups is 1. The van der Waals surface area contributed by atoms with Crippen molar-refractivity contribution in [3.05, 3.63) is 82.4 Å². The second-order valence-corrected chi connectivity index (χ2v) is 8.69. The number of amides is 2. The third kappa shape index (κ3) is 6.79. The monoisotopic (exact) mass is 469 g/mol. The summed E-state index contributed by atoms with van der Waals surface area (Å²) in [5.74, 6) is 4.86. The van der Waals surface area contributed by atoms with Crippen molar-refractivity contribution in [2.24, 2.45) is 11.6 Å². The average molecular weight is 470 g/mol. The highest BCUT2D eigenvalue weighted by atomic mass is 19.1. The molecule has 0 saturated heterocycles. The van der Waals surface area contributed by atoms with Gasteiger partial charge in [-0.15, -0.1) is 0 Å². The molecule has 0 heterocycles. The zero-order valence-corrected chi connectivity index (χ0v) is 19.3. The Kier molecular flexibility index (Phi) is 8.61. The molecule has 3 rings (SSSR count). The highest BCUT2D eigenvalue weighted by Gasteiger charge is 2.21. The summed E-state index contributed by atoms with van der Waals surface area (Å²) < 4.78 is 13.1. The lowest BCUT2D eigenvalue weighted by molar-refractivity contribution is -0.130. The SMILES string of the molecule is CC(NC(=O)c1ccc(F)cc1)/C(N)=C/N(N)C(CC(=O)NO)Cc1ccc2c(c1)CCCC2. The number of nitrogens with two attached hydrogens (primary N) is 2. The molecule has 182 valence electrons. The van der Waals surface area contributed by atoms with Gasteiger partial charge in [-0.3, -0.25) is 14.8 Å². The summed E-state index contributed by atoms with van der Waals surface area (Å²) >= 11 is 0. The minimum absolute atomic E-state index is 0.0514. The highest BCUT2D eigenvalue weighted by Crippen LogP contribution is 2.23. The molecular formula is C25H32FN5O3. The quantitative estimate of drug-likeness (QED) is 0.217. The second kappa shape index (κ2) is 11.6. The third-order valence-electron chi connectivity index (χ3n) is 6.10. The Morgan fingerprint density at radius 1 is 1.15 bits per heavy atom. The third-order valence-corrected chi connectivity index (χ3v) is 6.10. The van der Waals surface area contributed by atoms with E-state index in [2.05, 4.69) is 17.4 Å². The van der Waals surface area contributed by atoms with Gasteiger partial charge in [0.2, 0.25) is 5.91 Å². The first-order valence-electron chi connectivity index (χ1n) is 11.4. The predicted molar refractivity (Wildman–Crippen MR) is 127 cm³/mol. The number of carbonyl (C=O) groups is 2. The van der Waals surface area contributed by atoms with Crippen LogP contribution in [-0.2, 0) is 24.1 Å². The van der Waals surface area contributed by atoms with Gasteiger partial charge in [0, 0.05) is 17.5 Å². The molecule has 2 atom stereocenters. The van der Waals surface area contributed by atoms with Crippen molar-refractivity contribution in [2.45, 2.75) is 57.5 Å². The number of halogens is 1. The molecule has 34 heavy (non-hydrogen) atoms. The fraction of sp³-hybridized carbons (Fsp3) is 0.360. The van der Waals surface area contributed by atoms with Crippen LogP contribution >= 0.6 is 0 Å². The lowest BCUT2D eigenvalue weighted by Crippen LogP contribution is -2.44. The highest BCUT2D eigenvalue weighted by molar-refractivity contribution is 5.94. The molecule has 7 N–H and O–H groups in total. The van der Waals surface area contributed by atoms with E-state index < -0.39 is 29.7 Å². The number of hydroxylamine groups is 1. The van der Waals surface area contributed by atoms with Crippen LogP contribution in [0.4, 0.5) is 4.39 Å². The zero-order valence-electron chi connectivity index (χ0n) is 19.3. The number of carbonyl (C=O) groups excluding carboxylic acids is 2. The normalized spacial score (nSPS) is 15.1. The van der Waals surface area contributed by atoms with Gasteiger partial charge in [0.25, 0.3) is 5.91 Å². The van der Waals surface area contributed by atoms with Crippen LogP contribution in [0.3, 0.4) is 0 Å². The van der Waals surface area contributed by atoms with Gasteiger partial charge in [0.15, 0.2) is 0 Å². The maximum atomic E-state index is 13.1. The Bertz CT molecular complexity index is 1040. The van der Waals surface area contributed by atoms with E-state index in [1.807, 2.05) is 6.07 Å². The molecule has 0 bridgehead atoms. The van der Waals surface area contributed by atoms with E-state index in [1.54, 1.807) is 12.4 Å². The summed E-state index contributed by atoms with van der Waals surface area (Å²) in [7, 11) is 0. The van der Waals surface area contributed by atoms with Crippen molar-refractivity contribution in [3.8, 4) is 0 Å². The standard InChI is InChI=1S/C25H32FN5O3/c1-16(29-25(33)19-8-10-21(26)11-9-19)23(27)15-31(28)22(14-24(32)30-34)13-17-6-7-18-4-2-3-5-20(18)12-17/h6-12,15-16,22,34H,2-5,13-14,27-28H2,1H3,(H,29,33)(H,30,32)/b23-15-. The first kappa shape index (κ1) is 25.2. The molecule has 2 unspecified atom stereocenters. The lowest BCUT2D eigenvalue weighted by atomic mass is 9.89. The fourth-order valence-corrected chi connectivity index (χ4v) is 4.08. The van der Waals surface area contributed by atoms with Crippen molar-refractivity contribution in [1.29, 1.82) is 0 Å². The molecule has 2 aromatic rings. The molecule has 1 aliphatic carbocycles. The predicted octanol–water partition coefficient (Wildman–Crippen LogP) is 2.31. The van der Waals surface area contributed by atoms with E-state index in [0.29, 0.717) is 12.0 Å². The molecular weight excluding hydrogens is 437 g/mol. The molecule has 0 spiro atoms. The van der Waals surface area contributed by atoms with E-state index in [-0.39, 0.29) is 12.1 Å². The van der Waals surface area contributed by atoms with Crippen LogP contribution in [0.15, 0.2) is 54.4 Å². The number of hydrogen-bond acceptors (Lipinski definition) is 6. The van der Waals surface area contributed by atoms with Gasteiger partial charge in [0.1, 0.15) is 5.82 Å². The Morgan fingerprint density at radius 2 is 1.82 bits per heavy atom. The van der Waals surface area contributed by atoms with Crippen molar-refractivity contribution < 1.29 is 19.2 Å². The van der Waals surface area contributed by atoms with E-state index in [1.165, 1.54) is 53.0 Å². The van der Waals surface area contributed by atoms with E-state index in [0.717, 1.165) is 24.8 Å². The lowest BCUT2D eigenvalue weighted by Gasteiger charge is -2.28. The van der Waals surface area contributed by atoms with Gasteiger partial charge in [-0.05, 0) is 80.0 Å². The molecule has 2 aromatic carbocycles. The first-order valence-corrected chi connectivity index (χ1v) is 11.4. The molecule has 8 nitrogen and oxygen atoms in total. The Labute approximate surface area is 198 Å². The van der Waals surface area contributed by atoms with Gasteiger partial charge in [-0.25, -0.2) is 15.7 Å². The number of nitrogens with one attached hydrogen (secondary N) is 2. The van der Waals surface area contributed by atoms with Crippen molar-refractivity contribution in [2.75, 3.05) is 0 Å². The van der Waals surface area contributed by atoms with Gasteiger partial charge >= 0.3 is 0 Å². The van der Waals surface area contributed by atoms with Crippen LogP contribution in [0.5, 0.6) is 0 Å². The van der Waals surface area contributed by atoms with Gasteiger partial charge in [-0.1, -0.05) is 18.2 Å². The molecule has 2 amide bonds. The summed E-state index contributed by atoms with van der Waals surface area (Å²) in [4.78, 5) is 24.3. The van der Waals surface area contributed by atoms with Gasteiger partial charge in [0.05, 0.1) is 18.5 Å². The number of hydrogen-bond donors (Lipinski definition) is 5. The Hall–Kier alpha value is -3.43. The van der Waals surface area contributed by atoms with Crippen LogP contribution in [0, 0.1) is 5.82 Å². The Morgan fingerprint density at radius 3 is 2.50 bits per heavy atom. The molecule has 0 saturated carbocycles. The first-order chi connectivity index (χ1) is 16.3. The number of nitrogens with zero attached hydrogens (tertiary/aromatic N) is 1. The summed E-state index contributed by atoms with van der Waals surface area (Å²) in [6, 6.07) is 10.5.